The third kappa shape index (κ3) is 2.58. The van der Waals surface area contributed by atoms with Gasteiger partial charge in [-0.2, -0.15) is 0 Å². The molecule has 0 spiro atoms. The fourth-order valence-electron chi connectivity index (χ4n) is 0.659. The van der Waals surface area contributed by atoms with E-state index >= 15 is 0 Å². The Morgan fingerprint density at radius 2 is 2.44 bits per heavy atom. The van der Waals surface area contributed by atoms with Crippen LogP contribution in [0.25, 0.3) is 0 Å². The van der Waals surface area contributed by atoms with Gasteiger partial charge in [0, 0.05) is 6.42 Å². The third-order valence-electron chi connectivity index (χ3n) is 1.38. The molecule has 0 radical (unpaired) electrons. The number of hydrogen-bond acceptors (Lipinski definition) is 3. The van der Waals surface area contributed by atoms with Gasteiger partial charge < -0.3 is 10.5 Å². The van der Waals surface area contributed by atoms with Crippen LogP contribution in [0.5, 0.6) is 0 Å². The highest BCUT2D eigenvalue weighted by molar-refractivity contribution is 5.80. The lowest BCUT2D eigenvalue weighted by Gasteiger charge is -1.91. The third-order valence-corrected chi connectivity index (χ3v) is 1.38. The Hall–Kier alpha value is -0.410. The van der Waals surface area contributed by atoms with Crippen molar-refractivity contribution in [2.24, 2.45) is 5.73 Å². The second-order valence-electron chi connectivity index (χ2n) is 2.24. The van der Waals surface area contributed by atoms with Gasteiger partial charge in [0.15, 0.2) is 0 Å². The molecule has 0 aromatic rings. The van der Waals surface area contributed by atoms with E-state index < -0.39 is 0 Å². The Kier molecular flexibility index (Phi) is 2.19. The van der Waals surface area contributed by atoms with Gasteiger partial charge >= 0.3 is 0 Å². The van der Waals surface area contributed by atoms with Gasteiger partial charge in [-0.3, -0.25) is 4.79 Å². The number of rotatable bonds is 4. The second-order valence-corrected chi connectivity index (χ2v) is 2.24. The molecule has 2 N–H and O–H groups in total. The van der Waals surface area contributed by atoms with Crippen LogP contribution in [0, 0.1) is 0 Å². The molecule has 0 saturated carbocycles. The second kappa shape index (κ2) is 2.94. The first-order chi connectivity index (χ1) is 4.33. The Morgan fingerprint density at radius 1 is 1.78 bits per heavy atom. The molecule has 1 heterocycles. The highest BCUT2D eigenvalue weighted by atomic mass is 16.6. The summed E-state index contributed by atoms with van der Waals surface area (Å²) in [6.07, 6.45) is 1.80. The van der Waals surface area contributed by atoms with Crippen LogP contribution in [0.15, 0.2) is 0 Å². The maximum Gasteiger partial charge on any atom is 0.146 e. The first-order valence-electron chi connectivity index (χ1n) is 3.16. The van der Waals surface area contributed by atoms with Crippen LogP contribution in [0.1, 0.15) is 12.8 Å². The Balaban J connectivity index is 1.96. The molecular weight excluding hydrogens is 118 g/mol. The lowest BCUT2D eigenvalue weighted by Crippen LogP contribution is -2.13. The lowest BCUT2D eigenvalue weighted by atomic mass is 10.2. The topological polar surface area (TPSA) is 55.6 Å². The van der Waals surface area contributed by atoms with Gasteiger partial charge in [0.2, 0.25) is 0 Å². The fraction of sp³-hybridized carbons (Fsp3) is 0.833. The van der Waals surface area contributed by atoms with Gasteiger partial charge in [0.25, 0.3) is 0 Å². The Labute approximate surface area is 54.2 Å². The maximum absolute atomic E-state index is 10.6. The van der Waals surface area contributed by atoms with Gasteiger partial charge in [0.05, 0.1) is 19.3 Å². The van der Waals surface area contributed by atoms with Gasteiger partial charge in [-0.15, -0.1) is 0 Å². The average molecular weight is 129 g/mol. The highest BCUT2D eigenvalue weighted by Crippen LogP contribution is 2.14. The van der Waals surface area contributed by atoms with Crippen molar-refractivity contribution in [3.05, 3.63) is 0 Å². The molecule has 1 unspecified atom stereocenters. The summed E-state index contributed by atoms with van der Waals surface area (Å²) in [6.45, 7) is 1.00. The van der Waals surface area contributed by atoms with Crippen molar-refractivity contribution in [1.29, 1.82) is 0 Å². The average Bonchev–Trinajstić information content (AvgIpc) is 2.65. The van der Waals surface area contributed by atoms with Crippen molar-refractivity contribution in [1.82, 2.24) is 0 Å². The predicted octanol–water partition coefficient (Wildman–Crippen LogP) is -0.307. The summed E-state index contributed by atoms with van der Waals surface area (Å²) in [4.78, 5) is 10.6. The number of ketones is 1. The molecule has 3 heteroatoms. The molecule has 1 aliphatic heterocycles. The standard InChI is InChI=1S/C6H11NO2/c7-3-5(8)1-2-6-4-9-6/h6H,1-4,7H2. The van der Waals surface area contributed by atoms with Gasteiger partial charge in [-0.05, 0) is 6.42 Å². The van der Waals surface area contributed by atoms with Crippen molar-refractivity contribution >= 4 is 5.78 Å². The van der Waals surface area contributed by atoms with E-state index in [9.17, 15) is 4.79 Å². The number of ether oxygens (including phenoxy) is 1. The number of epoxide rings is 1. The van der Waals surface area contributed by atoms with Crippen LogP contribution < -0.4 is 5.73 Å². The van der Waals surface area contributed by atoms with Crippen LogP contribution in [0.2, 0.25) is 0 Å². The zero-order chi connectivity index (χ0) is 6.69. The minimum Gasteiger partial charge on any atom is -0.373 e. The molecule has 0 aliphatic carbocycles. The van der Waals surface area contributed by atoms with Gasteiger partial charge in [-0.25, -0.2) is 0 Å². The van der Waals surface area contributed by atoms with Crippen LogP contribution >= 0.6 is 0 Å². The summed E-state index contributed by atoms with van der Waals surface area (Å²) in [5, 5.41) is 0. The smallest absolute Gasteiger partial charge is 0.146 e. The Morgan fingerprint density at radius 3 is 2.89 bits per heavy atom. The molecule has 1 atom stereocenters. The predicted molar refractivity (Wildman–Crippen MR) is 33.0 cm³/mol. The van der Waals surface area contributed by atoms with Crippen molar-refractivity contribution in [2.45, 2.75) is 18.9 Å². The monoisotopic (exact) mass is 129 g/mol. The van der Waals surface area contributed by atoms with E-state index in [0.717, 1.165) is 13.0 Å². The number of carbonyl (C=O) groups excluding carboxylic acids is 1. The summed E-state index contributed by atoms with van der Waals surface area (Å²) < 4.78 is 4.91. The molecule has 0 amide bonds. The minimum atomic E-state index is 0.130. The SMILES string of the molecule is NCC(=O)CCC1CO1. The molecular formula is C6H11NO2. The lowest BCUT2D eigenvalue weighted by molar-refractivity contribution is -0.117. The summed E-state index contributed by atoms with van der Waals surface area (Å²) >= 11 is 0. The summed E-state index contributed by atoms with van der Waals surface area (Å²) in [7, 11) is 0. The first-order valence-corrected chi connectivity index (χ1v) is 3.16. The summed E-state index contributed by atoms with van der Waals surface area (Å²) in [5.41, 5.74) is 5.09. The van der Waals surface area contributed by atoms with Crippen LogP contribution in [0.3, 0.4) is 0 Å². The quantitative estimate of drug-likeness (QED) is 0.530. The van der Waals surface area contributed by atoms with Crippen molar-refractivity contribution in [3.8, 4) is 0 Å². The normalized spacial score (nSPS) is 23.9. The van der Waals surface area contributed by atoms with Crippen molar-refractivity contribution < 1.29 is 9.53 Å². The molecule has 9 heavy (non-hydrogen) atoms. The van der Waals surface area contributed by atoms with Gasteiger partial charge in [-0.1, -0.05) is 0 Å². The van der Waals surface area contributed by atoms with E-state index in [1.807, 2.05) is 0 Å². The van der Waals surface area contributed by atoms with Gasteiger partial charge in [0.1, 0.15) is 5.78 Å². The van der Waals surface area contributed by atoms with Crippen LogP contribution in [-0.2, 0) is 9.53 Å². The highest BCUT2D eigenvalue weighted by Gasteiger charge is 2.22. The summed E-state index contributed by atoms with van der Waals surface area (Å²) in [5.74, 6) is 0.130. The minimum absolute atomic E-state index is 0.130. The van der Waals surface area contributed by atoms with E-state index in [1.165, 1.54) is 0 Å². The molecule has 1 saturated heterocycles. The molecule has 1 aliphatic rings. The molecule has 1 fully saturated rings. The van der Waals surface area contributed by atoms with E-state index in [0.29, 0.717) is 12.5 Å². The van der Waals surface area contributed by atoms with E-state index in [4.69, 9.17) is 10.5 Å². The number of Topliss-reactive ketones (excluding diaryl/α,β-unsaturated/α-hetero) is 1. The zero-order valence-electron chi connectivity index (χ0n) is 5.30. The first kappa shape index (κ1) is 6.71. The maximum atomic E-state index is 10.6. The molecule has 52 valence electrons. The number of nitrogens with two attached hydrogens (primary N) is 1. The van der Waals surface area contributed by atoms with Crippen molar-refractivity contribution in [2.75, 3.05) is 13.2 Å². The fourth-order valence-corrected chi connectivity index (χ4v) is 0.659. The summed E-state index contributed by atoms with van der Waals surface area (Å²) in [6, 6.07) is 0. The largest absolute Gasteiger partial charge is 0.373 e. The number of carbonyl (C=O) groups is 1. The molecule has 1 rings (SSSR count). The Bertz CT molecular complexity index is 110. The molecule has 0 bridgehead atoms. The van der Waals surface area contributed by atoms with Crippen molar-refractivity contribution in [3.63, 3.8) is 0 Å². The van der Waals surface area contributed by atoms with E-state index in [-0.39, 0.29) is 12.3 Å². The number of hydrogen-bond donors (Lipinski definition) is 1. The van der Waals surface area contributed by atoms with E-state index in [1.54, 1.807) is 0 Å². The zero-order valence-corrected chi connectivity index (χ0v) is 5.30. The van der Waals surface area contributed by atoms with E-state index in [2.05, 4.69) is 0 Å². The molecule has 0 aromatic heterocycles. The molecule has 0 aromatic carbocycles. The van der Waals surface area contributed by atoms with Crippen LogP contribution in [0.4, 0.5) is 0 Å². The molecule has 3 nitrogen and oxygen atoms in total. The van der Waals surface area contributed by atoms with Crippen LogP contribution in [-0.4, -0.2) is 25.0 Å².